The SMILES string of the molecule is O=C1C=C([N-]C(=O)C2CC=C(C(F)(F)F)C=C2Oc2ccc(C(F)(F)F)nc2)[CH+]C=N1. The molecule has 12 heteroatoms. The number of hydrogen-bond acceptors (Lipinski definition) is 4. The average Bonchev–Trinajstić information content (AvgIpc) is 2.67. The molecular weight excluding hydrogens is 432 g/mol. The van der Waals surface area contributed by atoms with E-state index in [1.165, 1.54) is 6.42 Å². The number of aliphatic imine (C=N–C) groups is 1. The van der Waals surface area contributed by atoms with Crippen molar-refractivity contribution in [1.82, 2.24) is 4.98 Å². The minimum absolute atomic E-state index is 0.0499. The zero-order chi connectivity index (χ0) is 22.8. The molecule has 1 aromatic heterocycles. The smallest absolute Gasteiger partial charge is 0.433 e. The van der Waals surface area contributed by atoms with Crippen LogP contribution in [0.3, 0.4) is 0 Å². The molecule has 3 rings (SSSR count). The highest BCUT2D eigenvalue weighted by Gasteiger charge is 2.37. The van der Waals surface area contributed by atoms with E-state index in [1.54, 1.807) is 0 Å². The maximum absolute atomic E-state index is 13.1. The highest BCUT2D eigenvalue weighted by molar-refractivity contribution is 6.05. The third-order valence-corrected chi connectivity index (χ3v) is 4.06. The summed E-state index contributed by atoms with van der Waals surface area (Å²) >= 11 is 0. The van der Waals surface area contributed by atoms with Crippen LogP contribution in [-0.2, 0) is 15.8 Å². The van der Waals surface area contributed by atoms with Crippen LogP contribution in [0.25, 0.3) is 5.32 Å². The van der Waals surface area contributed by atoms with E-state index in [4.69, 9.17) is 4.74 Å². The van der Waals surface area contributed by atoms with Gasteiger partial charge in [0.25, 0.3) is 0 Å². The third kappa shape index (κ3) is 5.53. The van der Waals surface area contributed by atoms with Crippen LogP contribution in [0.1, 0.15) is 12.1 Å². The number of carbonyl (C=O) groups excluding carboxylic acids is 2. The van der Waals surface area contributed by atoms with Crippen molar-refractivity contribution in [3.8, 4) is 5.75 Å². The summed E-state index contributed by atoms with van der Waals surface area (Å²) in [6, 6.07) is 1.46. The number of dihydropyridines is 1. The first-order valence-corrected chi connectivity index (χ1v) is 8.52. The molecule has 0 N–H and O–H groups in total. The van der Waals surface area contributed by atoms with Gasteiger partial charge in [-0.3, -0.25) is 0 Å². The van der Waals surface area contributed by atoms with E-state index in [0.29, 0.717) is 18.3 Å². The maximum Gasteiger partial charge on any atom is 0.433 e. The lowest BCUT2D eigenvalue weighted by atomic mass is 9.93. The summed E-state index contributed by atoms with van der Waals surface area (Å²) in [6.45, 7) is 0. The second-order valence-corrected chi connectivity index (χ2v) is 6.27. The van der Waals surface area contributed by atoms with Crippen molar-refractivity contribution in [2.75, 3.05) is 0 Å². The third-order valence-electron chi connectivity index (χ3n) is 4.06. The van der Waals surface area contributed by atoms with E-state index in [2.05, 4.69) is 15.3 Å². The summed E-state index contributed by atoms with van der Waals surface area (Å²) in [5.41, 5.74) is -2.36. The number of nitrogens with zero attached hydrogens (tertiary/aromatic N) is 3. The number of carbonyl (C=O) groups is 2. The summed E-state index contributed by atoms with van der Waals surface area (Å²) in [7, 11) is 0. The summed E-state index contributed by atoms with van der Waals surface area (Å²) in [5, 5.41) is 3.69. The number of allylic oxidation sites excluding steroid dienone is 4. The molecule has 2 amide bonds. The average molecular weight is 443 g/mol. The topological polar surface area (TPSA) is 82.7 Å². The number of amides is 2. The predicted octanol–water partition coefficient (Wildman–Crippen LogP) is 4.47. The first-order chi connectivity index (χ1) is 14.4. The lowest BCUT2D eigenvalue weighted by molar-refractivity contribution is -0.141. The minimum atomic E-state index is -4.74. The van der Waals surface area contributed by atoms with Crippen molar-refractivity contribution in [3.63, 3.8) is 0 Å². The number of hydrogen-bond donors (Lipinski definition) is 0. The summed E-state index contributed by atoms with van der Waals surface area (Å²) in [4.78, 5) is 30.4. The molecule has 1 aromatic rings. The van der Waals surface area contributed by atoms with Crippen molar-refractivity contribution in [3.05, 3.63) is 71.0 Å². The number of alkyl halides is 6. The summed E-state index contributed by atoms with van der Waals surface area (Å²) in [6.07, 6.45) is -4.51. The van der Waals surface area contributed by atoms with Crippen LogP contribution in [0, 0.1) is 12.3 Å². The van der Waals surface area contributed by atoms with E-state index in [9.17, 15) is 35.9 Å². The van der Waals surface area contributed by atoms with Gasteiger partial charge < -0.3 is 14.8 Å². The van der Waals surface area contributed by atoms with Gasteiger partial charge in [0.1, 0.15) is 29.5 Å². The summed E-state index contributed by atoms with van der Waals surface area (Å²) in [5.74, 6) is -3.64. The Hall–Kier alpha value is -3.57. The fourth-order valence-corrected chi connectivity index (χ4v) is 2.61. The standard InChI is InChI=1S/C19H11F6N3O3/c20-18(21,22)10-1-3-13(17(30)28-11-5-6-26-16(29)8-11)14(7-10)31-12-2-4-15(27-9-12)19(23,24)25/h1-2,4-9,13H,3H2. The molecule has 1 unspecified atom stereocenters. The quantitative estimate of drug-likeness (QED) is 0.508. The number of halogens is 6. The van der Waals surface area contributed by atoms with Crippen LogP contribution in [0.2, 0.25) is 0 Å². The number of ether oxygens (including phenoxy) is 1. The zero-order valence-electron chi connectivity index (χ0n) is 15.2. The Bertz CT molecular complexity index is 1000. The Labute approximate surface area is 171 Å². The first kappa shape index (κ1) is 22.1. The van der Waals surface area contributed by atoms with Gasteiger partial charge in [0.2, 0.25) is 0 Å². The molecule has 0 aromatic carbocycles. The van der Waals surface area contributed by atoms with Crippen LogP contribution in [0.5, 0.6) is 5.75 Å². The van der Waals surface area contributed by atoms with Crippen molar-refractivity contribution in [1.29, 1.82) is 0 Å². The monoisotopic (exact) mass is 443 g/mol. The Kier molecular flexibility index (Phi) is 5.91. The van der Waals surface area contributed by atoms with Gasteiger partial charge in [-0.2, -0.15) is 31.3 Å². The molecule has 6 nitrogen and oxygen atoms in total. The minimum Gasteiger partial charge on any atom is -0.590 e. The van der Waals surface area contributed by atoms with Crippen molar-refractivity contribution < 1.29 is 40.7 Å². The zero-order valence-corrected chi connectivity index (χ0v) is 15.2. The molecule has 0 fully saturated rings. The molecule has 0 spiro atoms. The lowest BCUT2D eigenvalue weighted by Gasteiger charge is -2.29. The molecule has 2 heterocycles. The molecule has 0 saturated carbocycles. The van der Waals surface area contributed by atoms with Gasteiger partial charge in [0.15, 0.2) is 0 Å². The van der Waals surface area contributed by atoms with Crippen LogP contribution >= 0.6 is 0 Å². The van der Waals surface area contributed by atoms with Crippen LogP contribution in [-0.4, -0.2) is 29.2 Å². The van der Waals surface area contributed by atoms with E-state index in [0.717, 1.165) is 24.4 Å². The highest BCUT2D eigenvalue weighted by atomic mass is 19.4. The number of aromatic nitrogens is 1. The molecule has 2 aliphatic rings. The van der Waals surface area contributed by atoms with Crippen LogP contribution in [0.4, 0.5) is 26.3 Å². The molecular formula is C19H11F6N3O3. The molecule has 0 saturated heterocycles. The van der Waals surface area contributed by atoms with Gasteiger partial charge in [0, 0.05) is 5.70 Å². The largest absolute Gasteiger partial charge is 0.590 e. The van der Waals surface area contributed by atoms with Gasteiger partial charge in [-0.25, -0.2) is 9.78 Å². The molecule has 0 bridgehead atoms. The Morgan fingerprint density at radius 2 is 1.87 bits per heavy atom. The van der Waals surface area contributed by atoms with E-state index in [1.807, 2.05) is 0 Å². The van der Waals surface area contributed by atoms with E-state index in [-0.39, 0.29) is 11.4 Å². The molecule has 31 heavy (non-hydrogen) atoms. The van der Waals surface area contributed by atoms with E-state index >= 15 is 0 Å². The Morgan fingerprint density at radius 1 is 1.13 bits per heavy atom. The highest BCUT2D eigenvalue weighted by Crippen LogP contribution is 2.37. The Balaban J connectivity index is 1.83. The van der Waals surface area contributed by atoms with Crippen molar-refractivity contribution >= 4 is 18.0 Å². The van der Waals surface area contributed by atoms with Gasteiger partial charge in [-0.1, -0.05) is 6.08 Å². The molecule has 1 atom stereocenters. The summed E-state index contributed by atoms with van der Waals surface area (Å²) < 4.78 is 82.5. The fourth-order valence-electron chi connectivity index (χ4n) is 2.61. The van der Waals surface area contributed by atoms with Crippen molar-refractivity contribution in [2.45, 2.75) is 18.8 Å². The lowest BCUT2D eigenvalue weighted by Crippen LogP contribution is -2.25. The second kappa shape index (κ2) is 8.28. The fraction of sp³-hybridized carbons (Fsp3) is 0.211. The van der Waals surface area contributed by atoms with Crippen molar-refractivity contribution in [2.24, 2.45) is 10.9 Å². The van der Waals surface area contributed by atoms with Gasteiger partial charge >= 0.3 is 18.3 Å². The number of pyridine rings is 1. The van der Waals surface area contributed by atoms with Crippen LogP contribution in [0.15, 0.2) is 58.6 Å². The molecule has 1 aliphatic heterocycles. The Morgan fingerprint density at radius 3 is 2.45 bits per heavy atom. The number of rotatable bonds is 4. The maximum atomic E-state index is 13.1. The van der Waals surface area contributed by atoms with Crippen LogP contribution < -0.4 is 4.74 Å². The molecule has 0 radical (unpaired) electrons. The van der Waals surface area contributed by atoms with Gasteiger partial charge in [0.05, 0.1) is 30.0 Å². The van der Waals surface area contributed by atoms with Gasteiger partial charge in [-0.05, 0) is 24.6 Å². The van der Waals surface area contributed by atoms with Gasteiger partial charge in [-0.15, -0.1) is 0 Å². The van der Waals surface area contributed by atoms with E-state index < -0.39 is 53.5 Å². The molecule has 162 valence electrons. The predicted molar refractivity (Wildman–Crippen MR) is 94.4 cm³/mol. The normalized spacial score (nSPS) is 19.1. The first-order valence-electron chi connectivity index (χ1n) is 8.52. The molecule has 1 aliphatic carbocycles. The second-order valence-electron chi connectivity index (χ2n) is 6.27.